The Labute approximate surface area is 97.5 Å². The normalized spacial score (nSPS) is 17.4. The Bertz CT molecular complexity index is 380. The average molecular weight is 238 g/mol. The SMILES string of the molecule is O=C([O-])C1CCN(C(=O)c2cccs2)CC1. The van der Waals surface area contributed by atoms with Crippen molar-refractivity contribution in [2.45, 2.75) is 12.8 Å². The fourth-order valence-electron chi connectivity index (χ4n) is 1.87. The van der Waals surface area contributed by atoms with E-state index < -0.39 is 11.9 Å². The van der Waals surface area contributed by atoms with Gasteiger partial charge in [-0.05, 0) is 24.3 Å². The lowest BCUT2D eigenvalue weighted by Gasteiger charge is -2.32. The first-order valence-corrected chi connectivity index (χ1v) is 6.10. The van der Waals surface area contributed by atoms with Crippen molar-refractivity contribution in [2.24, 2.45) is 5.92 Å². The van der Waals surface area contributed by atoms with Crippen molar-refractivity contribution in [2.75, 3.05) is 13.1 Å². The summed E-state index contributed by atoms with van der Waals surface area (Å²) in [6.45, 7) is 1.02. The zero-order valence-electron chi connectivity index (χ0n) is 8.72. The summed E-state index contributed by atoms with van der Waals surface area (Å²) in [5.74, 6) is -1.39. The molecule has 86 valence electrons. The maximum absolute atomic E-state index is 11.9. The van der Waals surface area contributed by atoms with Crippen molar-refractivity contribution in [1.29, 1.82) is 0 Å². The third kappa shape index (κ3) is 2.24. The second kappa shape index (κ2) is 4.65. The predicted molar refractivity (Wildman–Crippen MR) is 58.0 cm³/mol. The van der Waals surface area contributed by atoms with E-state index in [1.54, 1.807) is 11.0 Å². The topological polar surface area (TPSA) is 60.4 Å². The third-order valence-corrected chi connectivity index (χ3v) is 3.71. The van der Waals surface area contributed by atoms with Crippen LogP contribution >= 0.6 is 11.3 Å². The Balaban J connectivity index is 1.94. The van der Waals surface area contributed by atoms with Crippen LogP contribution < -0.4 is 5.11 Å². The van der Waals surface area contributed by atoms with Gasteiger partial charge >= 0.3 is 0 Å². The number of thiophene rings is 1. The van der Waals surface area contributed by atoms with E-state index in [2.05, 4.69) is 0 Å². The van der Waals surface area contributed by atoms with Crippen LogP contribution in [0, 0.1) is 5.92 Å². The van der Waals surface area contributed by atoms with Crippen molar-refractivity contribution in [3.63, 3.8) is 0 Å². The molecule has 0 aliphatic carbocycles. The van der Waals surface area contributed by atoms with Crippen molar-refractivity contribution < 1.29 is 14.7 Å². The molecule has 1 saturated heterocycles. The molecule has 0 spiro atoms. The molecule has 4 nitrogen and oxygen atoms in total. The first kappa shape index (κ1) is 11.1. The molecule has 0 aromatic carbocycles. The van der Waals surface area contributed by atoms with Gasteiger partial charge in [-0.3, -0.25) is 4.79 Å². The quantitative estimate of drug-likeness (QED) is 0.747. The van der Waals surface area contributed by atoms with E-state index in [4.69, 9.17) is 0 Å². The van der Waals surface area contributed by atoms with E-state index >= 15 is 0 Å². The molecule has 1 aliphatic heterocycles. The Morgan fingerprint density at radius 2 is 2.06 bits per heavy atom. The van der Waals surface area contributed by atoms with Crippen LogP contribution in [0.5, 0.6) is 0 Å². The number of hydrogen-bond donors (Lipinski definition) is 0. The lowest BCUT2D eigenvalue weighted by molar-refractivity contribution is -0.312. The second-order valence-corrected chi connectivity index (χ2v) is 4.81. The predicted octanol–water partition coefficient (Wildman–Crippen LogP) is 0.350. The number of likely N-dealkylation sites (tertiary alicyclic amines) is 1. The molecule has 0 bridgehead atoms. The molecule has 1 fully saturated rings. The maximum atomic E-state index is 11.9. The lowest BCUT2D eigenvalue weighted by atomic mass is 9.97. The van der Waals surface area contributed by atoms with Crippen LogP contribution in [0.25, 0.3) is 0 Å². The number of aliphatic carboxylic acids is 1. The summed E-state index contributed by atoms with van der Waals surface area (Å²) >= 11 is 1.41. The third-order valence-electron chi connectivity index (χ3n) is 2.85. The van der Waals surface area contributed by atoms with Crippen LogP contribution in [0.4, 0.5) is 0 Å². The van der Waals surface area contributed by atoms with Gasteiger partial charge in [-0.15, -0.1) is 11.3 Å². The van der Waals surface area contributed by atoms with Gasteiger partial charge in [-0.2, -0.15) is 0 Å². The lowest BCUT2D eigenvalue weighted by Crippen LogP contribution is -2.43. The van der Waals surface area contributed by atoms with E-state index in [9.17, 15) is 14.7 Å². The molecular formula is C11H12NO3S-. The zero-order valence-corrected chi connectivity index (χ0v) is 9.53. The summed E-state index contributed by atoms with van der Waals surface area (Å²) in [6, 6.07) is 3.63. The molecule has 1 aliphatic rings. The van der Waals surface area contributed by atoms with E-state index in [1.807, 2.05) is 11.4 Å². The van der Waals surface area contributed by atoms with Crippen LogP contribution in [-0.2, 0) is 4.79 Å². The smallest absolute Gasteiger partial charge is 0.263 e. The number of amides is 1. The Morgan fingerprint density at radius 3 is 2.56 bits per heavy atom. The minimum Gasteiger partial charge on any atom is -0.550 e. The van der Waals surface area contributed by atoms with Gasteiger partial charge in [0, 0.05) is 25.0 Å². The van der Waals surface area contributed by atoms with E-state index in [0.717, 1.165) is 0 Å². The van der Waals surface area contributed by atoms with Crippen molar-refractivity contribution in [3.8, 4) is 0 Å². The second-order valence-electron chi connectivity index (χ2n) is 3.86. The molecule has 0 N–H and O–H groups in total. The Kier molecular flexibility index (Phi) is 3.24. The molecule has 5 heteroatoms. The highest BCUT2D eigenvalue weighted by molar-refractivity contribution is 7.12. The number of carbonyl (C=O) groups excluding carboxylic acids is 2. The highest BCUT2D eigenvalue weighted by atomic mass is 32.1. The van der Waals surface area contributed by atoms with Crippen LogP contribution in [0.1, 0.15) is 22.5 Å². The molecule has 2 rings (SSSR count). The summed E-state index contributed by atoms with van der Waals surface area (Å²) in [6.07, 6.45) is 0.999. The molecule has 0 unspecified atom stereocenters. The molecule has 1 amide bonds. The molecule has 2 heterocycles. The number of carboxylic acid groups (broad SMARTS) is 1. The molecule has 0 atom stereocenters. The number of carbonyl (C=O) groups is 2. The molecule has 1 aromatic rings. The van der Waals surface area contributed by atoms with Crippen molar-refractivity contribution >= 4 is 23.2 Å². The highest BCUT2D eigenvalue weighted by Crippen LogP contribution is 2.20. The van der Waals surface area contributed by atoms with Crippen LogP contribution in [0.3, 0.4) is 0 Å². The van der Waals surface area contributed by atoms with E-state index in [0.29, 0.717) is 30.8 Å². The summed E-state index contributed by atoms with van der Waals surface area (Å²) < 4.78 is 0. The molecule has 16 heavy (non-hydrogen) atoms. The van der Waals surface area contributed by atoms with E-state index in [-0.39, 0.29) is 5.91 Å². The fraction of sp³-hybridized carbons (Fsp3) is 0.455. The average Bonchev–Trinajstić information content (AvgIpc) is 2.81. The molecular weight excluding hydrogens is 226 g/mol. The van der Waals surface area contributed by atoms with Crippen LogP contribution in [-0.4, -0.2) is 29.9 Å². The number of hydrogen-bond acceptors (Lipinski definition) is 4. The number of nitrogens with zero attached hydrogens (tertiary/aromatic N) is 1. The summed E-state index contributed by atoms with van der Waals surface area (Å²) in [4.78, 5) is 25.0. The Morgan fingerprint density at radius 1 is 1.38 bits per heavy atom. The van der Waals surface area contributed by atoms with Gasteiger partial charge in [0.1, 0.15) is 0 Å². The van der Waals surface area contributed by atoms with Gasteiger partial charge in [0.15, 0.2) is 0 Å². The highest BCUT2D eigenvalue weighted by Gasteiger charge is 2.24. The van der Waals surface area contributed by atoms with Crippen molar-refractivity contribution in [1.82, 2.24) is 4.90 Å². The number of piperidine rings is 1. The molecule has 0 saturated carbocycles. The van der Waals surface area contributed by atoms with Crippen LogP contribution in [0.2, 0.25) is 0 Å². The monoisotopic (exact) mass is 238 g/mol. The summed E-state index contributed by atoms with van der Waals surface area (Å²) in [7, 11) is 0. The first-order chi connectivity index (χ1) is 7.68. The number of carboxylic acids is 1. The standard InChI is InChI=1S/C11H13NO3S/c13-10(9-2-1-7-16-9)12-5-3-8(4-6-12)11(14)15/h1-2,7-8H,3-6H2,(H,14,15)/p-1. The minimum atomic E-state index is -0.997. The first-order valence-electron chi connectivity index (χ1n) is 5.22. The van der Waals surface area contributed by atoms with Crippen LogP contribution in [0.15, 0.2) is 17.5 Å². The fourth-order valence-corrected chi connectivity index (χ4v) is 2.57. The maximum Gasteiger partial charge on any atom is 0.263 e. The van der Waals surface area contributed by atoms with Crippen molar-refractivity contribution in [3.05, 3.63) is 22.4 Å². The molecule has 1 aromatic heterocycles. The van der Waals surface area contributed by atoms with E-state index in [1.165, 1.54) is 11.3 Å². The van der Waals surface area contributed by atoms with Gasteiger partial charge in [-0.25, -0.2) is 0 Å². The van der Waals surface area contributed by atoms with Gasteiger partial charge in [0.2, 0.25) is 0 Å². The molecule has 0 radical (unpaired) electrons. The van der Waals surface area contributed by atoms with Gasteiger partial charge in [-0.1, -0.05) is 6.07 Å². The zero-order chi connectivity index (χ0) is 11.5. The largest absolute Gasteiger partial charge is 0.550 e. The Hall–Kier alpha value is -1.36. The number of rotatable bonds is 2. The van der Waals surface area contributed by atoms with Gasteiger partial charge in [0.25, 0.3) is 5.91 Å². The minimum absolute atomic E-state index is 0.00629. The summed E-state index contributed by atoms with van der Waals surface area (Å²) in [5.41, 5.74) is 0. The van der Waals surface area contributed by atoms with Gasteiger partial charge in [0.05, 0.1) is 4.88 Å². The van der Waals surface area contributed by atoms with Gasteiger partial charge < -0.3 is 14.8 Å². The summed E-state index contributed by atoms with van der Waals surface area (Å²) in [5, 5.41) is 12.5.